The second kappa shape index (κ2) is 7.92. The number of nitrogens with zero attached hydrogens (tertiary/aromatic N) is 5. The monoisotopic (exact) mass is 429 g/mol. The molecule has 1 aliphatic carbocycles. The summed E-state index contributed by atoms with van der Waals surface area (Å²) in [5, 5.41) is 12.5. The van der Waals surface area contributed by atoms with Gasteiger partial charge in [-0.05, 0) is 43.9 Å². The highest BCUT2D eigenvalue weighted by Gasteiger charge is 2.23. The van der Waals surface area contributed by atoms with Gasteiger partial charge in [0.15, 0.2) is 14.9 Å². The zero-order valence-corrected chi connectivity index (χ0v) is 17.0. The predicted molar refractivity (Wildman–Crippen MR) is 109 cm³/mol. The van der Waals surface area contributed by atoms with E-state index in [0.29, 0.717) is 24.2 Å². The number of pyridine rings is 2. The molecule has 0 spiro atoms. The third kappa shape index (κ3) is 3.81. The number of hydrogen-bond acceptors (Lipinski definition) is 5. The van der Waals surface area contributed by atoms with Gasteiger partial charge in [-0.2, -0.15) is 5.10 Å². The van der Waals surface area contributed by atoms with Crippen molar-refractivity contribution in [3.8, 4) is 11.1 Å². The van der Waals surface area contributed by atoms with Gasteiger partial charge in [-0.1, -0.05) is 0 Å². The number of hydrogen-bond donors (Lipinski definition) is 2. The van der Waals surface area contributed by atoms with Crippen LogP contribution >= 0.6 is 0 Å². The summed E-state index contributed by atoms with van der Waals surface area (Å²) in [5.41, 5.74) is 2.69. The molecule has 0 saturated carbocycles. The molecule has 0 bridgehead atoms. The first kappa shape index (κ1) is 20.1. The summed E-state index contributed by atoms with van der Waals surface area (Å²) in [6, 6.07) is 2.07. The van der Waals surface area contributed by atoms with Gasteiger partial charge in [-0.3, -0.25) is 14.6 Å². The normalized spacial score (nSPS) is 14.8. The Morgan fingerprint density at radius 2 is 2.17 bits per heavy atom. The molecule has 30 heavy (non-hydrogen) atoms. The zero-order valence-electron chi connectivity index (χ0n) is 16.2. The van der Waals surface area contributed by atoms with Gasteiger partial charge < -0.3 is 5.32 Å². The standard InChI is InChI=1S/C19H20FN7O2S/c1-2-27-9-7-17(25-27)30(21,29)26-19(28)24-18-13-4-3-5-16(13)23-10-14(18)12-6-8-22-11-15(12)20/h6-11H,2-5H2,1H3,(H3,21,23,24,26,28,29). The summed E-state index contributed by atoms with van der Waals surface area (Å²) in [6.45, 7) is 2.43. The maximum absolute atomic E-state index is 14.4. The van der Waals surface area contributed by atoms with Crippen molar-refractivity contribution in [2.75, 3.05) is 5.32 Å². The molecule has 0 saturated heterocycles. The first-order valence-electron chi connectivity index (χ1n) is 9.39. The molecule has 11 heteroatoms. The highest BCUT2D eigenvalue weighted by molar-refractivity contribution is 7.91. The highest BCUT2D eigenvalue weighted by Crippen LogP contribution is 2.37. The van der Waals surface area contributed by atoms with E-state index < -0.39 is 21.8 Å². The summed E-state index contributed by atoms with van der Waals surface area (Å²) >= 11 is 0. The summed E-state index contributed by atoms with van der Waals surface area (Å²) in [5.74, 6) is -0.544. The minimum Gasteiger partial charge on any atom is -0.305 e. The quantitative estimate of drug-likeness (QED) is 0.659. The van der Waals surface area contributed by atoms with Crippen LogP contribution in [0.3, 0.4) is 0 Å². The number of halogens is 1. The van der Waals surface area contributed by atoms with Crippen LogP contribution in [0.5, 0.6) is 0 Å². The predicted octanol–water partition coefficient (Wildman–Crippen LogP) is 2.92. The molecule has 1 aliphatic rings. The fraction of sp³-hybridized carbons (Fsp3) is 0.263. The van der Waals surface area contributed by atoms with Crippen molar-refractivity contribution in [2.45, 2.75) is 37.8 Å². The number of fused-ring (bicyclic) bond motifs is 1. The van der Waals surface area contributed by atoms with Crippen LogP contribution in [-0.4, -0.2) is 30.0 Å². The van der Waals surface area contributed by atoms with Crippen LogP contribution in [0.1, 0.15) is 24.6 Å². The van der Waals surface area contributed by atoms with Gasteiger partial charge in [0.1, 0.15) is 5.82 Å². The Morgan fingerprint density at radius 1 is 1.33 bits per heavy atom. The Hall–Kier alpha value is -3.18. The number of urea groups is 1. The van der Waals surface area contributed by atoms with E-state index in [-0.39, 0.29) is 10.6 Å². The number of carbonyl (C=O) groups excluding carboxylic acids is 1. The summed E-state index contributed by atoms with van der Waals surface area (Å²) in [7, 11) is -3.54. The van der Waals surface area contributed by atoms with Crippen LogP contribution in [0.2, 0.25) is 0 Å². The maximum atomic E-state index is 14.4. The van der Waals surface area contributed by atoms with Crippen LogP contribution in [-0.2, 0) is 29.3 Å². The Bertz CT molecular complexity index is 1250. The second-order valence-electron chi connectivity index (χ2n) is 6.78. The lowest BCUT2D eigenvalue weighted by Crippen LogP contribution is -2.19. The summed E-state index contributed by atoms with van der Waals surface area (Å²) < 4.78 is 32.3. The topological polar surface area (TPSA) is 128 Å². The van der Waals surface area contributed by atoms with Crippen molar-refractivity contribution >= 4 is 21.6 Å². The minimum atomic E-state index is -3.54. The van der Waals surface area contributed by atoms with Crippen molar-refractivity contribution in [2.24, 2.45) is 9.50 Å². The fourth-order valence-electron chi connectivity index (χ4n) is 3.42. The summed E-state index contributed by atoms with van der Waals surface area (Å²) in [4.78, 5) is 20.8. The van der Waals surface area contributed by atoms with Gasteiger partial charge in [-0.15, -0.1) is 4.36 Å². The summed E-state index contributed by atoms with van der Waals surface area (Å²) in [6.07, 6.45) is 7.98. The Kier molecular flexibility index (Phi) is 5.31. The zero-order chi connectivity index (χ0) is 21.3. The molecule has 3 aromatic heterocycles. The number of nitrogens with two attached hydrogens (primary N) is 1. The molecule has 1 unspecified atom stereocenters. The van der Waals surface area contributed by atoms with E-state index in [9.17, 15) is 13.4 Å². The molecule has 0 aliphatic heterocycles. The van der Waals surface area contributed by atoms with E-state index in [1.165, 1.54) is 29.2 Å². The van der Waals surface area contributed by atoms with E-state index in [0.717, 1.165) is 30.3 Å². The molecule has 3 aromatic rings. The number of anilines is 1. The lowest BCUT2D eigenvalue weighted by atomic mass is 10.0. The van der Waals surface area contributed by atoms with Gasteiger partial charge in [-0.25, -0.2) is 18.5 Å². The third-order valence-corrected chi connectivity index (χ3v) is 6.12. The average Bonchev–Trinajstić information content (AvgIpc) is 3.38. The molecule has 0 aromatic carbocycles. The SMILES string of the molecule is CCn1ccc(S(N)(=O)=NC(=O)Nc2c(-c3ccncc3F)cnc3c2CCC3)n1. The number of nitrogens with one attached hydrogen (secondary N) is 1. The largest absolute Gasteiger partial charge is 0.354 e. The van der Waals surface area contributed by atoms with Crippen molar-refractivity contribution in [3.05, 3.63) is 54.0 Å². The molecule has 0 radical (unpaired) electrons. The maximum Gasteiger partial charge on any atom is 0.354 e. The van der Waals surface area contributed by atoms with Crippen LogP contribution in [0.25, 0.3) is 11.1 Å². The Labute approximate surface area is 172 Å². The third-order valence-electron chi connectivity index (χ3n) is 4.86. The van der Waals surface area contributed by atoms with Crippen molar-refractivity contribution < 1.29 is 13.4 Å². The van der Waals surface area contributed by atoms with Gasteiger partial charge in [0.2, 0.25) is 0 Å². The molecular weight excluding hydrogens is 409 g/mol. The number of aryl methyl sites for hydroxylation is 2. The Balaban J connectivity index is 1.74. The minimum absolute atomic E-state index is 0.0138. The van der Waals surface area contributed by atoms with Gasteiger partial charge in [0.25, 0.3) is 0 Å². The van der Waals surface area contributed by atoms with Crippen LogP contribution < -0.4 is 10.5 Å². The van der Waals surface area contributed by atoms with Crippen molar-refractivity contribution in [1.29, 1.82) is 0 Å². The number of aromatic nitrogens is 4. The van der Waals surface area contributed by atoms with E-state index in [1.807, 2.05) is 6.92 Å². The molecular formula is C19H20FN7O2S. The molecule has 3 heterocycles. The van der Waals surface area contributed by atoms with E-state index in [1.54, 1.807) is 6.20 Å². The molecule has 156 valence electrons. The van der Waals surface area contributed by atoms with E-state index >= 15 is 0 Å². The van der Waals surface area contributed by atoms with Gasteiger partial charge in [0.05, 0.1) is 11.9 Å². The lowest BCUT2D eigenvalue weighted by molar-refractivity contribution is 0.260. The number of carbonyl (C=O) groups is 1. The number of rotatable bonds is 4. The average molecular weight is 429 g/mol. The molecule has 3 N–H and O–H groups in total. The molecule has 0 fully saturated rings. The molecule has 9 nitrogen and oxygen atoms in total. The smallest absolute Gasteiger partial charge is 0.305 e. The van der Waals surface area contributed by atoms with E-state index in [2.05, 4.69) is 24.7 Å². The van der Waals surface area contributed by atoms with Crippen LogP contribution in [0, 0.1) is 5.82 Å². The first-order chi connectivity index (χ1) is 14.4. The van der Waals surface area contributed by atoms with Crippen LogP contribution in [0.15, 0.2) is 46.3 Å². The Morgan fingerprint density at radius 3 is 2.90 bits per heavy atom. The molecule has 4 rings (SSSR count). The fourth-order valence-corrected chi connectivity index (χ4v) is 4.29. The second-order valence-corrected chi connectivity index (χ2v) is 8.52. The van der Waals surface area contributed by atoms with Gasteiger partial charge in [0, 0.05) is 42.0 Å². The van der Waals surface area contributed by atoms with Crippen molar-refractivity contribution in [1.82, 2.24) is 19.7 Å². The van der Waals surface area contributed by atoms with Gasteiger partial charge >= 0.3 is 6.03 Å². The number of amides is 2. The lowest BCUT2D eigenvalue weighted by Gasteiger charge is -2.15. The van der Waals surface area contributed by atoms with E-state index in [4.69, 9.17) is 5.14 Å². The molecule has 1 atom stereocenters. The molecule has 2 amide bonds. The first-order valence-corrected chi connectivity index (χ1v) is 11.0. The highest BCUT2D eigenvalue weighted by atomic mass is 32.2. The van der Waals surface area contributed by atoms with Crippen LogP contribution in [0.4, 0.5) is 14.9 Å². The van der Waals surface area contributed by atoms with Crippen molar-refractivity contribution in [3.63, 3.8) is 0 Å².